The molecule has 1 aromatic carbocycles. The van der Waals surface area contributed by atoms with Gasteiger partial charge in [-0.05, 0) is 48.8 Å². The Balaban J connectivity index is 1.32. The topological polar surface area (TPSA) is 42.0 Å². The van der Waals surface area contributed by atoms with Gasteiger partial charge in [-0.25, -0.2) is 4.98 Å². The predicted molar refractivity (Wildman–Crippen MR) is 96.9 cm³/mol. The molecule has 24 heavy (non-hydrogen) atoms. The summed E-state index contributed by atoms with van der Waals surface area (Å²) in [6.07, 6.45) is 6.80. The van der Waals surface area contributed by atoms with Crippen molar-refractivity contribution < 1.29 is 4.79 Å². The lowest BCUT2D eigenvalue weighted by atomic mass is 9.95. The number of hydrogen-bond donors (Lipinski definition) is 1. The summed E-state index contributed by atoms with van der Waals surface area (Å²) in [5.41, 5.74) is 1.95. The van der Waals surface area contributed by atoms with Crippen molar-refractivity contribution in [2.45, 2.75) is 42.5 Å². The zero-order valence-electron chi connectivity index (χ0n) is 13.7. The summed E-state index contributed by atoms with van der Waals surface area (Å²) < 4.78 is 0. The molecule has 2 fully saturated rings. The van der Waals surface area contributed by atoms with Gasteiger partial charge in [-0.15, -0.1) is 11.8 Å². The van der Waals surface area contributed by atoms with Crippen LogP contribution < -0.4 is 5.32 Å². The molecule has 3 atom stereocenters. The maximum absolute atomic E-state index is 12.4. The Morgan fingerprint density at radius 3 is 2.67 bits per heavy atom. The number of nitrogens with one attached hydrogen (secondary N) is 1. The molecule has 2 aliphatic rings. The first-order valence-electron chi connectivity index (χ1n) is 8.71. The molecule has 0 spiro atoms. The third-order valence-electron chi connectivity index (χ3n) is 5.28. The number of pyridine rings is 1. The van der Waals surface area contributed by atoms with E-state index in [2.05, 4.69) is 22.4 Å². The van der Waals surface area contributed by atoms with E-state index in [9.17, 15) is 4.79 Å². The number of aromatic nitrogens is 1. The molecule has 0 radical (unpaired) electrons. The second-order valence-electron chi connectivity index (χ2n) is 6.91. The fourth-order valence-corrected chi connectivity index (χ4v) is 4.80. The summed E-state index contributed by atoms with van der Waals surface area (Å²) in [6.45, 7) is 0. The Morgan fingerprint density at radius 2 is 2.00 bits per heavy atom. The second kappa shape index (κ2) is 6.98. The van der Waals surface area contributed by atoms with Crippen LogP contribution in [0, 0.1) is 11.8 Å². The molecule has 0 aliphatic heterocycles. The first kappa shape index (κ1) is 15.7. The third kappa shape index (κ3) is 3.48. The summed E-state index contributed by atoms with van der Waals surface area (Å²) in [6, 6.07) is 14.6. The minimum Gasteiger partial charge on any atom is -0.349 e. The van der Waals surface area contributed by atoms with E-state index >= 15 is 0 Å². The number of rotatable bonds is 5. The van der Waals surface area contributed by atoms with E-state index < -0.39 is 0 Å². The number of amides is 1. The zero-order chi connectivity index (χ0) is 16.4. The molecule has 124 valence electrons. The molecule has 1 amide bonds. The second-order valence-corrected chi connectivity index (χ2v) is 7.91. The number of carbonyl (C=O) groups is 1. The molecule has 1 N–H and O–H groups in total. The van der Waals surface area contributed by atoms with Crippen LogP contribution in [0.15, 0.2) is 53.7 Å². The lowest BCUT2D eigenvalue weighted by molar-refractivity contribution is 0.0922. The van der Waals surface area contributed by atoms with Crippen molar-refractivity contribution in [1.82, 2.24) is 10.3 Å². The summed E-state index contributed by atoms with van der Waals surface area (Å²) in [5, 5.41) is 4.17. The Hall–Kier alpha value is -1.81. The van der Waals surface area contributed by atoms with Gasteiger partial charge in [-0.3, -0.25) is 4.79 Å². The average Bonchev–Trinajstić information content (AvgIpc) is 3.24. The van der Waals surface area contributed by atoms with E-state index in [1.165, 1.54) is 24.8 Å². The van der Waals surface area contributed by atoms with Gasteiger partial charge >= 0.3 is 0 Å². The smallest absolute Gasteiger partial charge is 0.253 e. The van der Waals surface area contributed by atoms with Gasteiger partial charge in [-0.2, -0.15) is 0 Å². The van der Waals surface area contributed by atoms with Crippen LogP contribution in [0.2, 0.25) is 0 Å². The SMILES string of the molecule is O=C(N[C@@H]1C[C@H]2CC[C@@H]1C2)c1ccc(SCc2ccccc2)nc1. The Labute approximate surface area is 147 Å². The Kier molecular flexibility index (Phi) is 4.56. The minimum absolute atomic E-state index is 0.0275. The van der Waals surface area contributed by atoms with Crippen LogP contribution in [0.5, 0.6) is 0 Å². The number of benzene rings is 1. The molecule has 0 saturated heterocycles. The van der Waals surface area contributed by atoms with Crippen molar-refractivity contribution >= 4 is 17.7 Å². The van der Waals surface area contributed by atoms with Crippen molar-refractivity contribution in [3.63, 3.8) is 0 Å². The van der Waals surface area contributed by atoms with Crippen molar-refractivity contribution in [3.8, 4) is 0 Å². The lowest BCUT2D eigenvalue weighted by Crippen LogP contribution is -2.38. The minimum atomic E-state index is 0.0275. The molecule has 1 heterocycles. The largest absolute Gasteiger partial charge is 0.349 e. The van der Waals surface area contributed by atoms with Crippen molar-refractivity contribution in [2.24, 2.45) is 11.8 Å². The molecule has 2 bridgehead atoms. The fourth-order valence-electron chi connectivity index (χ4n) is 4.00. The maximum atomic E-state index is 12.4. The number of nitrogens with zero attached hydrogens (tertiary/aromatic N) is 1. The van der Waals surface area contributed by atoms with Crippen LogP contribution in [0.25, 0.3) is 0 Å². The molecule has 4 heteroatoms. The number of hydrogen-bond acceptors (Lipinski definition) is 3. The van der Waals surface area contributed by atoms with Crippen LogP contribution in [-0.2, 0) is 5.75 Å². The van der Waals surface area contributed by atoms with E-state index in [0.29, 0.717) is 17.5 Å². The molecular formula is C20H22N2OS. The van der Waals surface area contributed by atoms with Gasteiger partial charge in [0.1, 0.15) is 0 Å². The molecule has 2 aromatic rings. The summed E-state index contributed by atoms with van der Waals surface area (Å²) >= 11 is 1.69. The van der Waals surface area contributed by atoms with Crippen molar-refractivity contribution in [2.75, 3.05) is 0 Å². The first-order valence-corrected chi connectivity index (χ1v) is 9.70. The highest BCUT2D eigenvalue weighted by Gasteiger charge is 2.40. The van der Waals surface area contributed by atoms with E-state index in [-0.39, 0.29) is 5.91 Å². The Bertz CT molecular complexity index is 701. The molecule has 2 aliphatic carbocycles. The van der Waals surface area contributed by atoms with E-state index in [1.54, 1.807) is 18.0 Å². The summed E-state index contributed by atoms with van der Waals surface area (Å²) in [4.78, 5) is 16.8. The van der Waals surface area contributed by atoms with Gasteiger partial charge in [0.25, 0.3) is 5.91 Å². The molecule has 2 saturated carbocycles. The number of thioether (sulfide) groups is 1. The van der Waals surface area contributed by atoms with Crippen molar-refractivity contribution in [1.29, 1.82) is 0 Å². The molecule has 1 aromatic heterocycles. The Morgan fingerprint density at radius 1 is 1.12 bits per heavy atom. The van der Waals surface area contributed by atoms with Crippen molar-refractivity contribution in [3.05, 3.63) is 59.8 Å². The van der Waals surface area contributed by atoms with Crippen LogP contribution in [0.1, 0.15) is 41.6 Å². The van der Waals surface area contributed by atoms with E-state index in [1.807, 2.05) is 30.3 Å². The van der Waals surface area contributed by atoms with E-state index in [4.69, 9.17) is 0 Å². The highest BCUT2D eigenvalue weighted by molar-refractivity contribution is 7.98. The monoisotopic (exact) mass is 338 g/mol. The standard InChI is InChI=1S/C20H22N2OS/c23-20(22-18-11-15-6-7-16(18)10-15)17-8-9-19(21-12-17)24-13-14-4-2-1-3-5-14/h1-5,8-9,12,15-16,18H,6-7,10-11,13H2,(H,22,23)/t15-,16+,18+/m0/s1. The molecular weight excluding hydrogens is 316 g/mol. The van der Waals surface area contributed by atoms with Crippen LogP contribution in [-0.4, -0.2) is 16.9 Å². The maximum Gasteiger partial charge on any atom is 0.253 e. The van der Waals surface area contributed by atoms with Crippen LogP contribution >= 0.6 is 11.8 Å². The molecule has 3 nitrogen and oxygen atoms in total. The van der Waals surface area contributed by atoms with Crippen LogP contribution in [0.4, 0.5) is 0 Å². The first-order chi connectivity index (χ1) is 11.8. The summed E-state index contributed by atoms with van der Waals surface area (Å²) in [7, 11) is 0. The highest BCUT2D eigenvalue weighted by Crippen LogP contribution is 2.44. The van der Waals surface area contributed by atoms with Gasteiger partial charge in [0.2, 0.25) is 0 Å². The molecule has 4 rings (SSSR count). The fraction of sp³-hybridized carbons (Fsp3) is 0.400. The van der Waals surface area contributed by atoms with Gasteiger partial charge in [0.05, 0.1) is 10.6 Å². The lowest BCUT2D eigenvalue weighted by Gasteiger charge is -2.22. The normalized spacial score (nSPS) is 24.9. The van der Waals surface area contributed by atoms with Crippen LogP contribution in [0.3, 0.4) is 0 Å². The highest BCUT2D eigenvalue weighted by atomic mass is 32.2. The molecule has 0 unspecified atom stereocenters. The average molecular weight is 338 g/mol. The summed E-state index contributed by atoms with van der Waals surface area (Å²) in [5.74, 6) is 2.47. The van der Waals surface area contributed by atoms with Gasteiger partial charge in [-0.1, -0.05) is 36.8 Å². The van der Waals surface area contributed by atoms with Gasteiger partial charge in [0.15, 0.2) is 0 Å². The van der Waals surface area contributed by atoms with E-state index in [0.717, 1.165) is 23.1 Å². The third-order valence-corrected chi connectivity index (χ3v) is 6.30. The number of fused-ring (bicyclic) bond motifs is 2. The predicted octanol–water partition coefficient (Wildman–Crippen LogP) is 4.29. The van der Waals surface area contributed by atoms with Gasteiger partial charge in [0, 0.05) is 18.0 Å². The van der Waals surface area contributed by atoms with Gasteiger partial charge < -0.3 is 5.32 Å². The zero-order valence-corrected chi connectivity index (χ0v) is 14.5. The quantitative estimate of drug-likeness (QED) is 0.827. The number of carbonyl (C=O) groups excluding carboxylic acids is 1.